The molecule has 0 unspecified atom stereocenters. The van der Waals surface area contributed by atoms with E-state index in [-0.39, 0.29) is 17.9 Å². The average Bonchev–Trinajstić information content (AvgIpc) is 2.78. The summed E-state index contributed by atoms with van der Waals surface area (Å²) < 4.78 is 5.34. The first-order valence-electron chi connectivity index (χ1n) is 6.81. The van der Waals surface area contributed by atoms with E-state index in [4.69, 9.17) is 21.9 Å². The molecule has 11 heteroatoms. The molecule has 1 aliphatic rings. The minimum atomic E-state index is -3.89. The molecule has 1 aliphatic heterocycles. The highest BCUT2D eigenvalue weighted by Gasteiger charge is 2.55. The standard InChI is InChI=1S/C14H15N3O7S/c1-2-24-6-4-3-5(11(18)19)9-7(6)8(15)10(12(20)21)25(9,13(16)22)14(17)23/h3-4H,2,15H2,1H3,(H2,16,22)(H2,17,23)(H,18,19)(H,20,21). The van der Waals surface area contributed by atoms with Crippen LogP contribution < -0.4 is 21.9 Å². The lowest BCUT2D eigenvalue weighted by Gasteiger charge is -2.31. The highest BCUT2D eigenvalue weighted by Crippen LogP contribution is 2.71. The van der Waals surface area contributed by atoms with Crippen LogP contribution in [0.5, 0.6) is 5.75 Å². The lowest BCUT2D eigenvalue weighted by Crippen LogP contribution is -2.33. The van der Waals surface area contributed by atoms with Gasteiger partial charge in [0, 0.05) is 4.90 Å². The molecular formula is C14H15N3O7S. The van der Waals surface area contributed by atoms with E-state index in [0.29, 0.717) is 0 Å². The molecule has 0 spiro atoms. The quantitative estimate of drug-likeness (QED) is 0.514. The van der Waals surface area contributed by atoms with Crippen LogP contribution in [0.1, 0.15) is 22.8 Å². The Balaban J connectivity index is 3.12. The smallest absolute Gasteiger partial charge is 0.344 e. The van der Waals surface area contributed by atoms with Gasteiger partial charge in [0.05, 0.1) is 23.4 Å². The van der Waals surface area contributed by atoms with Gasteiger partial charge in [0.2, 0.25) is 0 Å². The third-order valence-electron chi connectivity index (χ3n) is 3.57. The summed E-state index contributed by atoms with van der Waals surface area (Å²) in [5, 5.41) is 16.2. The van der Waals surface area contributed by atoms with Gasteiger partial charge in [-0.05, 0) is 29.1 Å². The summed E-state index contributed by atoms with van der Waals surface area (Å²) in [4.78, 5) is 46.5. The number of aromatic carboxylic acids is 1. The normalized spacial score (nSPS) is 16.0. The van der Waals surface area contributed by atoms with Crippen molar-refractivity contribution in [2.45, 2.75) is 11.8 Å². The van der Waals surface area contributed by atoms with Crippen molar-refractivity contribution in [1.82, 2.24) is 0 Å². The van der Waals surface area contributed by atoms with Crippen LogP contribution in [0.4, 0.5) is 9.59 Å². The van der Waals surface area contributed by atoms with Crippen LogP contribution in [0, 0.1) is 0 Å². The van der Waals surface area contributed by atoms with Gasteiger partial charge in [-0.3, -0.25) is 9.59 Å². The first kappa shape index (κ1) is 18.1. The molecule has 25 heavy (non-hydrogen) atoms. The zero-order valence-corrected chi connectivity index (χ0v) is 13.8. The van der Waals surface area contributed by atoms with E-state index in [9.17, 15) is 29.4 Å². The molecule has 0 fully saturated rings. The summed E-state index contributed by atoms with van der Waals surface area (Å²) in [7, 11) is -3.89. The summed E-state index contributed by atoms with van der Waals surface area (Å²) in [5.41, 5.74) is 15.4. The molecule has 2 amide bonds. The summed E-state index contributed by atoms with van der Waals surface area (Å²) in [5.74, 6) is -3.17. The number of carbonyl (C=O) groups is 4. The average molecular weight is 369 g/mol. The zero-order chi connectivity index (χ0) is 19.1. The second kappa shape index (κ2) is 6.02. The lowest BCUT2D eigenvalue weighted by molar-refractivity contribution is -0.131. The molecule has 8 N–H and O–H groups in total. The fourth-order valence-corrected chi connectivity index (χ4v) is 5.61. The molecule has 0 bridgehead atoms. The topological polar surface area (TPSA) is 196 Å². The Morgan fingerprint density at radius 3 is 2.04 bits per heavy atom. The van der Waals surface area contributed by atoms with Gasteiger partial charge in [-0.15, -0.1) is 0 Å². The van der Waals surface area contributed by atoms with Gasteiger partial charge in [-0.1, -0.05) is 0 Å². The van der Waals surface area contributed by atoms with E-state index in [1.165, 1.54) is 6.07 Å². The van der Waals surface area contributed by atoms with E-state index >= 15 is 0 Å². The Morgan fingerprint density at radius 1 is 1.08 bits per heavy atom. The molecule has 0 aromatic heterocycles. The van der Waals surface area contributed by atoms with Crippen molar-refractivity contribution in [2.24, 2.45) is 17.2 Å². The minimum absolute atomic E-state index is 0.0237. The Morgan fingerprint density at radius 2 is 1.64 bits per heavy atom. The third kappa shape index (κ3) is 2.28. The molecule has 0 saturated heterocycles. The fourth-order valence-electron chi connectivity index (χ4n) is 2.71. The SMILES string of the molecule is CCOc1ccc(C(=O)O)c2c1C(N)=C(C(=O)O)S2(C(N)=O)C(N)=O. The number of nitrogens with two attached hydrogens (primary N) is 3. The molecule has 0 atom stereocenters. The highest BCUT2D eigenvalue weighted by atomic mass is 32.3. The van der Waals surface area contributed by atoms with Crippen molar-refractivity contribution >= 4 is 38.1 Å². The predicted molar refractivity (Wildman–Crippen MR) is 88.3 cm³/mol. The number of ether oxygens (including phenoxy) is 1. The number of hydrogen-bond acceptors (Lipinski definition) is 6. The summed E-state index contributed by atoms with van der Waals surface area (Å²) in [6, 6.07) is 2.34. The molecular weight excluding hydrogens is 354 g/mol. The number of fused-ring (bicyclic) bond motifs is 1. The zero-order valence-electron chi connectivity index (χ0n) is 12.9. The van der Waals surface area contributed by atoms with Crippen molar-refractivity contribution in [3.8, 4) is 5.75 Å². The van der Waals surface area contributed by atoms with Gasteiger partial charge >= 0.3 is 11.9 Å². The van der Waals surface area contributed by atoms with Crippen LogP contribution >= 0.6 is 10.0 Å². The minimum Gasteiger partial charge on any atom is -0.493 e. The molecule has 1 heterocycles. The lowest BCUT2D eigenvalue weighted by atomic mass is 10.1. The molecule has 0 radical (unpaired) electrons. The highest BCUT2D eigenvalue weighted by molar-refractivity contribution is 8.58. The number of rotatable bonds is 4. The number of amides is 2. The monoisotopic (exact) mass is 369 g/mol. The van der Waals surface area contributed by atoms with Crippen LogP contribution in [-0.4, -0.2) is 39.2 Å². The second-order valence-corrected chi connectivity index (χ2v) is 7.70. The molecule has 10 nitrogen and oxygen atoms in total. The molecule has 1 aromatic carbocycles. The van der Waals surface area contributed by atoms with Gasteiger partial charge in [0.15, 0.2) is 0 Å². The Kier molecular flexibility index (Phi) is 4.36. The van der Waals surface area contributed by atoms with Gasteiger partial charge < -0.3 is 32.2 Å². The van der Waals surface area contributed by atoms with Crippen molar-refractivity contribution < 1.29 is 34.1 Å². The molecule has 2 rings (SSSR count). The van der Waals surface area contributed by atoms with Crippen molar-refractivity contribution in [3.63, 3.8) is 0 Å². The predicted octanol–water partition coefficient (Wildman–Crippen LogP) is 0.830. The third-order valence-corrected chi connectivity index (χ3v) is 6.82. The van der Waals surface area contributed by atoms with Gasteiger partial charge in [0.25, 0.3) is 10.5 Å². The number of carboxylic acids is 2. The Bertz CT molecular complexity index is 848. The number of primary amides is 2. The second-order valence-electron chi connectivity index (χ2n) is 4.85. The van der Waals surface area contributed by atoms with Crippen molar-refractivity contribution in [3.05, 3.63) is 28.2 Å². The fraction of sp³-hybridized carbons (Fsp3) is 0.143. The van der Waals surface area contributed by atoms with Gasteiger partial charge in [-0.2, -0.15) is 0 Å². The molecule has 1 aromatic rings. The number of hydrogen-bond donors (Lipinski definition) is 5. The largest absolute Gasteiger partial charge is 0.493 e. The van der Waals surface area contributed by atoms with Crippen LogP contribution in [-0.2, 0) is 4.79 Å². The van der Waals surface area contributed by atoms with Crippen molar-refractivity contribution in [2.75, 3.05) is 6.61 Å². The van der Waals surface area contributed by atoms with E-state index in [1.54, 1.807) is 6.92 Å². The molecule has 0 saturated carbocycles. The van der Waals surface area contributed by atoms with E-state index < -0.39 is 53.5 Å². The Labute approximate surface area is 142 Å². The maximum Gasteiger partial charge on any atom is 0.344 e. The van der Waals surface area contributed by atoms with E-state index in [0.717, 1.165) is 6.07 Å². The van der Waals surface area contributed by atoms with E-state index in [1.807, 2.05) is 0 Å². The summed E-state index contributed by atoms with van der Waals surface area (Å²) in [6.07, 6.45) is 0. The Hall–Kier alpha value is -3.21. The summed E-state index contributed by atoms with van der Waals surface area (Å²) in [6.45, 7) is 1.77. The van der Waals surface area contributed by atoms with Crippen LogP contribution in [0.2, 0.25) is 0 Å². The maximum atomic E-state index is 12.2. The number of carbonyl (C=O) groups excluding carboxylic acids is 2. The maximum absolute atomic E-state index is 12.2. The molecule has 134 valence electrons. The van der Waals surface area contributed by atoms with Crippen LogP contribution in [0.3, 0.4) is 0 Å². The van der Waals surface area contributed by atoms with E-state index in [2.05, 4.69) is 0 Å². The number of aliphatic carboxylic acids is 1. The van der Waals surface area contributed by atoms with Crippen LogP contribution in [0.25, 0.3) is 5.70 Å². The number of benzene rings is 1. The van der Waals surface area contributed by atoms with Gasteiger partial charge in [-0.25, -0.2) is 9.59 Å². The number of carboxylic acid groups (broad SMARTS) is 2. The van der Waals surface area contributed by atoms with Crippen LogP contribution in [0.15, 0.2) is 21.9 Å². The van der Waals surface area contributed by atoms with Crippen molar-refractivity contribution in [1.29, 1.82) is 0 Å². The van der Waals surface area contributed by atoms with Gasteiger partial charge in [0.1, 0.15) is 10.7 Å². The summed E-state index contributed by atoms with van der Waals surface area (Å²) >= 11 is 0. The molecule has 0 aliphatic carbocycles. The first-order chi connectivity index (χ1) is 11.6. The first-order valence-corrected chi connectivity index (χ1v) is 8.44.